The van der Waals surface area contributed by atoms with E-state index in [1.165, 1.54) is 17.5 Å². The third-order valence-electron chi connectivity index (χ3n) is 5.44. The van der Waals surface area contributed by atoms with E-state index in [1.54, 1.807) is 35.6 Å². The molecule has 0 atom stereocenters. The van der Waals surface area contributed by atoms with Crippen LogP contribution in [0.25, 0.3) is 21.5 Å². The molecule has 4 nitrogen and oxygen atoms in total. The van der Waals surface area contributed by atoms with E-state index in [-0.39, 0.29) is 6.03 Å². The molecule has 2 aromatic carbocycles. The minimum Gasteiger partial charge on any atom is -0.308 e. The fourth-order valence-electron chi connectivity index (χ4n) is 4.08. The number of nitrogens with one attached hydrogen (secondary N) is 2. The minimum atomic E-state index is -0.270. The van der Waals surface area contributed by atoms with Gasteiger partial charge in [-0.1, -0.05) is 41.9 Å². The Hall–Kier alpha value is -2.89. The van der Waals surface area contributed by atoms with Crippen molar-refractivity contribution >= 4 is 50.6 Å². The molecule has 2 amide bonds. The Bertz CT molecular complexity index is 1220. The number of carbonyl (C=O) groups is 1. The van der Waals surface area contributed by atoms with Crippen molar-refractivity contribution in [2.24, 2.45) is 0 Å². The van der Waals surface area contributed by atoms with E-state index in [0.717, 1.165) is 46.4 Å². The second-order valence-corrected chi connectivity index (χ2v) is 8.70. The molecule has 1 aliphatic carbocycles. The molecular weight excluding hydrogens is 414 g/mol. The first-order valence-electron chi connectivity index (χ1n) is 10.0. The summed E-state index contributed by atoms with van der Waals surface area (Å²) in [5, 5.41) is 9.60. The highest BCUT2D eigenvalue weighted by molar-refractivity contribution is 7.17. The Morgan fingerprint density at radius 3 is 2.43 bits per heavy atom. The number of aromatic nitrogens is 1. The predicted molar refractivity (Wildman–Crippen MR) is 126 cm³/mol. The molecule has 2 N–H and O–H groups in total. The average Bonchev–Trinajstić information content (AvgIpc) is 3.18. The summed E-state index contributed by atoms with van der Waals surface area (Å²) >= 11 is 7.49. The van der Waals surface area contributed by atoms with Gasteiger partial charge in [-0.25, -0.2) is 9.78 Å². The van der Waals surface area contributed by atoms with Crippen molar-refractivity contribution < 1.29 is 4.79 Å². The van der Waals surface area contributed by atoms with Crippen molar-refractivity contribution in [3.05, 3.63) is 76.1 Å². The Morgan fingerprint density at radius 1 is 0.933 bits per heavy atom. The number of hydrogen-bond acceptors (Lipinski definition) is 3. The van der Waals surface area contributed by atoms with E-state index in [0.29, 0.717) is 10.7 Å². The second kappa shape index (κ2) is 8.09. The summed E-state index contributed by atoms with van der Waals surface area (Å²) in [7, 11) is 0. The standard InChI is InChI=1S/C24H20ClN3OS/c25-16-10-12-17(13-11-16)26-24(29)27-20-14-30-23-21(20)18-8-4-5-9-19(18)22(28-23)15-6-2-1-3-7-15/h1-3,6-7,10-14H,4-5,8-9H2,(H2,26,27,29). The highest BCUT2D eigenvalue weighted by atomic mass is 35.5. The molecule has 0 fully saturated rings. The molecule has 0 aliphatic heterocycles. The number of amides is 2. The molecule has 0 unspecified atom stereocenters. The molecule has 0 radical (unpaired) electrons. The van der Waals surface area contributed by atoms with E-state index in [2.05, 4.69) is 34.9 Å². The van der Waals surface area contributed by atoms with Gasteiger partial charge in [0.05, 0.1) is 11.4 Å². The molecule has 0 saturated carbocycles. The van der Waals surface area contributed by atoms with Crippen LogP contribution in [0.5, 0.6) is 0 Å². The van der Waals surface area contributed by atoms with Gasteiger partial charge in [-0.3, -0.25) is 0 Å². The maximum Gasteiger partial charge on any atom is 0.323 e. The summed E-state index contributed by atoms with van der Waals surface area (Å²) in [4.78, 5) is 18.6. The number of hydrogen-bond donors (Lipinski definition) is 2. The second-order valence-electron chi connectivity index (χ2n) is 7.41. The van der Waals surface area contributed by atoms with Gasteiger partial charge >= 0.3 is 6.03 Å². The molecule has 30 heavy (non-hydrogen) atoms. The van der Waals surface area contributed by atoms with Crippen LogP contribution in [0.3, 0.4) is 0 Å². The highest BCUT2D eigenvalue weighted by Gasteiger charge is 2.22. The SMILES string of the molecule is O=C(Nc1ccc(Cl)cc1)Nc1csc2nc(-c3ccccc3)c3c(c12)CCCC3. The van der Waals surface area contributed by atoms with Crippen LogP contribution in [-0.2, 0) is 12.8 Å². The van der Waals surface area contributed by atoms with Gasteiger partial charge in [0.15, 0.2) is 0 Å². The van der Waals surface area contributed by atoms with Crippen molar-refractivity contribution in [1.82, 2.24) is 4.98 Å². The minimum absolute atomic E-state index is 0.270. The molecule has 0 spiro atoms. The fourth-order valence-corrected chi connectivity index (χ4v) is 5.11. The maximum atomic E-state index is 12.6. The molecule has 4 aromatic rings. The lowest BCUT2D eigenvalue weighted by molar-refractivity contribution is 0.262. The van der Waals surface area contributed by atoms with Crippen LogP contribution in [0.15, 0.2) is 60.0 Å². The lowest BCUT2D eigenvalue weighted by Gasteiger charge is -2.21. The van der Waals surface area contributed by atoms with Crippen LogP contribution >= 0.6 is 22.9 Å². The highest BCUT2D eigenvalue weighted by Crippen LogP contribution is 2.40. The number of benzene rings is 2. The van der Waals surface area contributed by atoms with Crippen molar-refractivity contribution in [3.63, 3.8) is 0 Å². The van der Waals surface area contributed by atoms with Gasteiger partial charge in [-0.05, 0) is 61.1 Å². The van der Waals surface area contributed by atoms with Gasteiger partial charge in [0.2, 0.25) is 0 Å². The van der Waals surface area contributed by atoms with Gasteiger partial charge in [0.1, 0.15) is 4.83 Å². The van der Waals surface area contributed by atoms with E-state index in [9.17, 15) is 4.79 Å². The number of urea groups is 1. The number of halogens is 1. The largest absolute Gasteiger partial charge is 0.323 e. The van der Waals surface area contributed by atoms with E-state index < -0.39 is 0 Å². The predicted octanol–water partition coefficient (Wildman–Crippen LogP) is 7.14. The number of rotatable bonds is 3. The number of aryl methyl sites for hydroxylation is 1. The molecule has 2 heterocycles. The monoisotopic (exact) mass is 433 g/mol. The topological polar surface area (TPSA) is 54.0 Å². The molecule has 0 saturated heterocycles. The summed E-state index contributed by atoms with van der Waals surface area (Å²) in [5.74, 6) is 0. The lowest BCUT2D eigenvalue weighted by Crippen LogP contribution is -2.19. The summed E-state index contributed by atoms with van der Waals surface area (Å²) in [6, 6.07) is 17.2. The third-order valence-corrected chi connectivity index (χ3v) is 6.56. The van der Waals surface area contributed by atoms with Crippen molar-refractivity contribution in [2.75, 3.05) is 10.6 Å². The van der Waals surface area contributed by atoms with Gasteiger partial charge in [0.25, 0.3) is 0 Å². The number of anilines is 2. The molecule has 5 rings (SSSR count). The zero-order chi connectivity index (χ0) is 20.5. The molecule has 0 bridgehead atoms. The smallest absolute Gasteiger partial charge is 0.308 e. The van der Waals surface area contributed by atoms with Crippen LogP contribution in [0.2, 0.25) is 5.02 Å². The molecule has 6 heteroatoms. The lowest BCUT2D eigenvalue weighted by atomic mass is 9.87. The Labute approximate surface area is 183 Å². The third kappa shape index (κ3) is 3.66. The van der Waals surface area contributed by atoms with Crippen molar-refractivity contribution in [3.8, 4) is 11.3 Å². The average molecular weight is 434 g/mol. The Balaban J connectivity index is 1.51. The first-order chi connectivity index (χ1) is 14.7. The number of fused-ring (bicyclic) bond motifs is 3. The van der Waals surface area contributed by atoms with E-state index >= 15 is 0 Å². The number of carbonyl (C=O) groups excluding carboxylic acids is 1. The summed E-state index contributed by atoms with van der Waals surface area (Å²) in [6.07, 6.45) is 4.36. The number of nitrogens with zero attached hydrogens (tertiary/aromatic N) is 1. The van der Waals surface area contributed by atoms with Gasteiger partial charge in [-0.2, -0.15) is 0 Å². The first kappa shape index (κ1) is 19.1. The summed E-state index contributed by atoms with van der Waals surface area (Å²) < 4.78 is 0. The van der Waals surface area contributed by atoms with Crippen LogP contribution in [-0.4, -0.2) is 11.0 Å². The zero-order valence-electron chi connectivity index (χ0n) is 16.2. The maximum absolute atomic E-state index is 12.6. The van der Waals surface area contributed by atoms with Crippen LogP contribution in [0, 0.1) is 0 Å². The fraction of sp³-hybridized carbons (Fsp3) is 0.167. The van der Waals surface area contributed by atoms with Crippen LogP contribution in [0.4, 0.5) is 16.2 Å². The van der Waals surface area contributed by atoms with Gasteiger partial charge in [0, 0.05) is 27.0 Å². The van der Waals surface area contributed by atoms with Crippen molar-refractivity contribution in [2.45, 2.75) is 25.7 Å². The molecule has 150 valence electrons. The first-order valence-corrected chi connectivity index (χ1v) is 11.3. The quantitative estimate of drug-likeness (QED) is 0.360. The van der Waals surface area contributed by atoms with Crippen molar-refractivity contribution in [1.29, 1.82) is 0 Å². The molecule has 1 aliphatic rings. The van der Waals surface area contributed by atoms with E-state index in [4.69, 9.17) is 16.6 Å². The number of thiophene rings is 1. The Morgan fingerprint density at radius 2 is 1.67 bits per heavy atom. The zero-order valence-corrected chi connectivity index (χ0v) is 17.8. The van der Waals surface area contributed by atoms with Gasteiger partial charge < -0.3 is 10.6 Å². The van der Waals surface area contributed by atoms with Crippen LogP contribution in [0.1, 0.15) is 24.0 Å². The summed E-state index contributed by atoms with van der Waals surface area (Å²) in [5.41, 5.74) is 6.40. The summed E-state index contributed by atoms with van der Waals surface area (Å²) in [6.45, 7) is 0. The Kier molecular flexibility index (Phi) is 5.15. The number of pyridine rings is 1. The molecular formula is C24H20ClN3OS. The normalized spacial score (nSPS) is 13.1. The molecule has 2 aromatic heterocycles. The van der Waals surface area contributed by atoms with Crippen LogP contribution < -0.4 is 10.6 Å². The van der Waals surface area contributed by atoms with Gasteiger partial charge in [-0.15, -0.1) is 11.3 Å². The van der Waals surface area contributed by atoms with E-state index in [1.807, 2.05) is 11.4 Å².